The van der Waals surface area contributed by atoms with Crippen LogP contribution in [0.2, 0.25) is 0 Å². The Morgan fingerprint density at radius 2 is 2.18 bits per heavy atom. The number of carbonyl (C=O) groups excluding carboxylic acids is 1. The van der Waals surface area contributed by atoms with Gasteiger partial charge in [-0.1, -0.05) is 0 Å². The maximum Gasteiger partial charge on any atom is 0.232 e. The number of fused-ring (bicyclic) bond motifs is 2. The molecule has 0 saturated carbocycles. The van der Waals surface area contributed by atoms with Crippen molar-refractivity contribution in [3.8, 4) is 6.07 Å². The number of rotatable bonds is 5. The van der Waals surface area contributed by atoms with E-state index in [2.05, 4.69) is 6.07 Å². The highest BCUT2D eigenvalue weighted by Crippen LogP contribution is 2.40. The third kappa shape index (κ3) is 2.85. The summed E-state index contributed by atoms with van der Waals surface area (Å²) in [5.74, 6) is 0.0557. The highest BCUT2D eigenvalue weighted by atomic mass is 16.5. The molecule has 2 fully saturated rings. The maximum atomic E-state index is 12.9. The van der Waals surface area contributed by atoms with E-state index in [9.17, 15) is 4.79 Å². The first kappa shape index (κ1) is 15.0. The lowest BCUT2D eigenvalue weighted by atomic mass is 9.88. The summed E-state index contributed by atoms with van der Waals surface area (Å²) < 4.78 is 10.9. The minimum absolute atomic E-state index is 0.0498. The molecule has 1 aromatic carbocycles. The van der Waals surface area contributed by atoms with Crippen LogP contribution in [0.4, 0.5) is 5.69 Å². The number of nitrogens with zero attached hydrogens (tertiary/aromatic N) is 2. The van der Waals surface area contributed by atoms with Gasteiger partial charge < -0.3 is 14.4 Å². The molecule has 2 aliphatic heterocycles. The van der Waals surface area contributed by atoms with Gasteiger partial charge in [-0.2, -0.15) is 5.26 Å². The Balaban J connectivity index is 1.79. The van der Waals surface area contributed by atoms with Gasteiger partial charge in [-0.15, -0.1) is 0 Å². The van der Waals surface area contributed by atoms with Gasteiger partial charge in [0.25, 0.3) is 0 Å². The van der Waals surface area contributed by atoms with Gasteiger partial charge in [0.1, 0.15) is 0 Å². The van der Waals surface area contributed by atoms with E-state index in [1.54, 1.807) is 24.1 Å². The van der Waals surface area contributed by atoms with Crippen molar-refractivity contribution in [2.75, 3.05) is 25.2 Å². The molecule has 0 aromatic heterocycles. The number of anilines is 1. The topological polar surface area (TPSA) is 62.6 Å². The minimum atomic E-state index is -0.0498. The molecule has 2 saturated heterocycles. The Kier molecular flexibility index (Phi) is 4.41. The molecule has 0 N–H and O–H groups in total. The molecule has 2 heterocycles. The van der Waals surface area contributed by atoms with Gasteiger partial charge in [0.2, 0.25) is 5.91 Å². The van der Waals surface area contributed by atoms with Gasteiger partial charge in [-0.25, -0.2) is 0 Å². The van der Waals surface area contributed by atoms with Crippen LogP contribution in [-0.4, -0.2) is 38.4 Å². The lowest BCUT2D eigenvalue weighted by molar-refractivity contribution is -0.124. The molecule has 2 aliphatic rings. The van der Waals surface area contributed by atoms with E-state index >= 15 is 0 Å². The van der Waals surface area contributed by atoms with E-state index in [1.807, 2.05) is 12.1 Å². The van der Waals surface area contributed by atoms with Crippen LogP contribution < -0.4 is 4.90 Å². The van der Waals surface area contributed by atoms with Crippen LogP contribution >= 0.6 is 0 Å². The summed E-state index contributed by atoms with van der Waals surface area (Å²) in [7, 11) is 1.63. The summed E-state index contributed by atoms with van der Waals surface area (Å²) in [4.78, 5) is 14.7. The van der Waals surface area contributed by atoms with E-state index < -0.39 is 0 Å². The van der Waals surface area contributed by atoms with Crippen molar-refractivity contribution in [2.45, 2.75) is 31.5 Å². The number of amides is 1. The van der Waals surface area contributed by atoms with Crippen LogP contribution in [-0.2, 0) is 14.3 Å². The van der Waals surface area contributed by atoms with Crippen LogP contribution in [0.15, 0.2) is 24.3 Å². The van der Waals surface area contributed by atoms with Gasteiger partial charge in [0.05, 0.1) is 36.4 Å². The summed E-state index contributed by atoms with van der Waals surface area (Å²) in [5, 5.41) is 8.89. The highest BCUT2D eigenvalue weighted by Gasteiger charge is 2.45. The zero-order chi connectivity index (χ0) is 15.5. The van der Waals surface area contributed by atoms with Crippen molar-refractivity contribution >= 4 is 11.6 Å². The Hall–Kier alpha value is -1.90. The van der Waals surface area contributed by atoms with E-state index in [1.165, 1.54) is 0 Å². The Morgan fingerprint density at radius 3 is 2.73 bits per heavy atom. The SMILES string of the molecule is COCCN(C(=O)[C@@H]1C[C@H]2CC[C@H]1O2)c1ccc(C#N)cc1. The summed E-state index contributed by atoms with van der Waals surface area (Å²) in [6, 6.07) is 9.21. The number of methoxy groups -OCH3 is 1. The number of carbonyl (C=O) groups is 1. The van der Waals surface area contributed by atoms with Crippen molar-refractivity contribution in [3.05, 3.63) is 29.8 Å². The van der Waals surface area contributed by atoms with E-state index in [0.29, 0.717) is 18.7 Å². The van der Waals surface area contributed by atoms with Gasteiger partial charge in [0.15, 0.2) is 0 Å². The molecule has 1 amide bonds. The monoisotopic (exact) mass is 300 g/mol. The fraction of sp³-hybridized carbons (Fsp3) is 0.529. The van der Waals surface area contributed by atoms with Gasteiger partial charge in [0, 0.05) is 19.3 Å². The molecule has 3 rings (SSSR count). The predicted molar refractivity (Wildman–Crippen MR) is 81.4 cm³/mol. The van der Waals surface area contributed by atoms with Gasteiger partial charge >= 0.3 is 0 Å². The molecule has 5 nitrogen and oxygen atoms in total. The predicted octanol–water partition coefficient (Wildman–Crippen LogP) is 2.11. The van der Waals surface area contributed by atoms with Gasteiger partial charge in [-0.05, 0) is 43.5 Å². The number of benzene rings is 1. The highest BCUT2D eigenvalue weighted by molar-refractivity contribution is 5.95. The standard InChI is InChI=1S/C17H20N2O3/c1-21-9-8-19(13-4-2-12(11-18)3-5-13)17(20)15-10-14-6-7-16(15)22-14/h2-5,14-16H,6-10H2,1H3/t14-,15-,16-/m1/s1. The van der Waals surface area contributed by atoms with Crippen LogP contribution in [0.3, 0.4) is 0 Å². The number of hydrogen-bond acceptors (Lipinski definition) is 4. The molecule has 0 aliphatic carbocycles. The average molecular weight is 300 g/mol. The molecule has 0 spiro atoms. The molecule has 116 valence electrons. The van der Waals surface area contributed by atoms with E-state index in [4.69, 9.17) is 14.7 Å². The Labute approximate surface area is 130 Å². The zero-order valence-electron chi connectivity index (χ0n) is 12.7. The molecule has 0 radical (unpaired) electrons. The summed E-state index contributed by atoms with van der Waals surface area (Å²) in [6.45, 7) is 0.989. The van der Waals surface area contributed by atoms with Crippen LogP contribution in [0.1, 0.15) is 24.8 Å². The molecule has 0 unspecified atom stereocenters. The molecule has 2 bridgehead atoms. The van der Waals surface area contributed by atoms with E-state index in [-0.39, 0.29) is 24.0 Å². The second-order valence-electron chi connectivity index (χ2n) is 5.86. The zero-order valence-corrected chi connectivity index (χ0v) is 12.7. The van der Waals surface area contributed by atoms with E-state index in [0.717, 1.165) is 24.9 Å². The largest absolute Gasteiger partial charge is 0.383 e. The molecular weight excluding hydrogens is 280 g/mol. The first-order valence-electron chi connectivity index (χ1n) is 7.69. The molecule has 22 heavy (non-hydrogen) atoms. The normalized spacial score (nSPS) is 25.9. The molecule has 3 atom stereocenters. The fourth-order valence-electron chi connectivity index (χ4n) is 3.36. The third-order valence-corrected chi connectivity index (χ3v) is 4.52. The van der Waals surface area contributed by atoms with Crippen LogP contribution in [0, 0.1) is 17.2 Å². The lowest BCUT2D eigenvalue weighted by Crippen LogP contribution is -2.41. The number of hydrogen-bond donors (Lipinski definition) is 0. The maximum absolute atomic E-state index is 12.9. The van der Waals surface area contributed by atoms with Crippen LogP contribution in [0.25, 0.3) is 0 Å². The second kappa shape index (κ2) is 6.47. The number of nitriles is 1. The summed E-state index contributed by atoms with van der Waals surface area (Å²) >= 11 is 0. The quantitative estimate of drug-likeness (QED) is 0.835. The van der Waals surface area contributed by atoms with Crippen molar-refractivity contribution in [1.82, 2.24) is 0 Å². The van der Waals surface area contributed by atoms with Crippen LogP contribution in [0.5, 0.6) is 0 Å². The van der Waals surface area contributed by atoms with Crippen molar-refractivity contribution in [1.29, 1.82) is 5.26 Å². The summed E-state index contributed by atoms with van der Waals surface area (Å²) in [6.07, 6.45) is 3.20. The lowest BCUT2D eigenvalue weighted by Gasteiger charge is -2.28. The Morgan fingerprint density at radius 1 is 1.41 bits per heavy atom. The number of ether oxygens (including phenoxy) is 2. The minimum Gasteiger partial charge on any atom is -0.383 e. The van der Waals surface area contributed by atoms with Crippen molar-refractivity contribution in [3.63, 3.8) is 0 Å². The van der Waals surface area contributed by atoms with Crippen molar-refractivity contribution in [2.24, 2.45) is 5.92 Å². The second-order valence-corrected chi connectivity index (χ2v) is 5.86. The fourth-order valence-corrected chi connectivity index (χ4v) is 3.36. The molecule has 1 aromatic rings. The third-order valence-electron chi connectivity index (χ3n) is 4.52. The molecule has 5 heteroatoms. The average Bonchev–Trinajstić information content (AvgIpc) is 3.18. The van der Waals surface area contributed by atoms with Crippen molar-refractivity contribution < 1.29 is 14.3 Å². The smallest absolute Gasteiger partial charge is 0.232 e. The first-order chi connectivity index (χ1) is 10.7. The molecular formula is C17H20N2O3. The van der Waals surface area contributed by atoms with Gasteiger partial charge in [-0.3, -0.25) is 4.79 Å². The first-order valence-corrected chi connectivity index (χ1v) is 7.69. The summed E-state index contributed by atoms with van der Waals surface area (Å²) in [5.41, 5.74) is 1.40. The Bertz CT molecular complexity index is 579.